The molecule has 4 rings (SSSR count). The van der Waals surface area contributed by atoms with E-state index in [2.05, 4.69) is 18.7 Å². The number of rotatable bonds is 7. The van der Waals surface area contributed by atoms with E-state index in [4.69, 9.17) is 25.8 Å². The minimum Gasteiger partial charge on any atom is -0.493 e. The number of methoxy groups -OCH3 is 1. The third-order valence-corrected chi connectivity index (χ3v) is 7.03. The molecule has 7 heteroatoms. The van der Waals surface area contributed by atoms with Crippen LogP contribution in [-0.2, 0) is 11.3 Å². The van der Waals surface area contributed by atoms with Crippen molar-refractivity contribution in [3.8, 4) is 11.5 Å². The second kappa shape index (κ2) is 11.4. The summed E-state index contributed by atoms with van der Waals surface area (Å²) in [6, 6.07) is 13.0. The van der Waals surface area contributed by atoms with Gasteiger partial charge in [0.1, 0.15) is 6.61 Å². The third-order valence-electron chi connectivity index (χ3n) is 6.66. The Morgan fingerprint density at radius 1 is 1.06 bits per heavy atom. The van der Waals surface area contributed by atoms with Crippen LogP contribution in [0.3, 0.4) is 0 Å². The number of benzene rings is 2. The maximum atomic E-state index is 13.2. The third kappa shape index (κ3) is 6.23. The summed E-state index contributed by atoms with van der Waals surface area (Å²) in [5.74, 6) is 1.80. The van der Waals surface area contributed by atoms with Crippen LogP contribution in [0.25, 0.3) is 0 Å². The van der Waals surface area contributed by atoms with Crippen molar-refractivity contribution in [1.29, 1.82) is 0 Å². The number of carbonyl (C=O) groups is 1. The largest absolute Gasteiger partial charge is 0.493 e. The fraction of sp³-hybridized carbons (Fsp3) is 0.519. The lowest BCUT2D eigenvalue weighted by Crippen LogP contribution is -2.48. The molecule has 2 aliphatic rings. The highest BCUT2D eigenvalue weighted by Gasteiger charge is 2.28. The highest BCUT2D eigenvalue weighted by Crippen LogP contribution is 2.31. The SMILES string of the molecule is COc1cc(C(=O)N2CCC(CN3CC(C)OC(C)C3)CC2)ccc1OCc1ccccc1Cl. The monoisotopic (exact) mass is 486 g/mol. The summed E-state index contributed by atoms with van der Waals surface area (Å²) in [6.07, 6.45) is 2.64. The minimum absolute atomic E-state index is 0.0445. The van der Waals surface area contributed by atoms with E-state index in [1.807, 2.05) is 35.2 Å². The minimum atomic E-state index is 0.0445. The number of carbonyl (C=O) groups excluding carboxylic acids is 1. The van der Waals surface area contributed by atoms with E-state index < -0.39 is 0 Å². The summed E-state index contributed by atoms with van der Waals surface area (Å²) < 4.78 is 17.3. The molecule has 2 aromatic carbocycles. The van der Waals surface area contributed by atoms with Crippen molar-refractivity contribution in [2.24, 2.45) is 5.92 Å². The quantitative estimate of drug-likeness (QED) is 0.557. The Balaban J connectivity index is 1.32. The van der Waals surface area contributed by atoms with Gasteiger partial charge in [-0.25, -0.2) is 0 Å². The molecule has 2 aromatic rings. The molecule has 2 atom stereocenters. The normalized spacial score (nSPS) is 21.9. The molecule has 2 fully saturated rings. The lowest BCUT2D eigenvalue weighted by Gasteiger charge is -2.39. The number of hydrogen-bond donors (Lipinski definition) is 0. The standard InChI is InChI=1S/C27H35ClN2O4/c1-19-15-29(16-20(2)34-19)17-21-10-12-30(13-11-21)27(31)22-8-9-25(26(14-22)32-3)33-18-23-6-4-5-7-24(23)28/h4-9,14,19-21H,10-13,15-18H2,1-3H3. The van der Waals surface area contributed by atoms with Crippen LogP contribution in [0, 0.1) is 5.92 Å². The smallest absolute Gasteiger partial charge is 0.253 e. The number of morpholine rings is 1. The zero-order chi connectivity index (χ0) is 24.1. The molecule has 6 nitrogen and oxygen atoms in total. The number of ether oxygens (including phenoxy) is 3. The number of piperidine rings is 1. The van der Waals surface area contributed by atoms with Gasteiger partial charge in [0, 0.05) is 48.9 Å². The van der Waals surface area contributed by atoms with Gasteiger partial charge in [0.05, 0.1) is 19.3 Å². The summed E-state index contributed by atoms with van der Waals surface area (Å²) in [4.78, 5) is 17.7. The second-order valence-electron chi connectivity index (χ2n) is 9.46. The first-order valence-corrected chi connectivity index (χ1v) is 12.5. The molecule has 2 unspecified atom stereocenters. The topological polar surface area (TPSA) is 51.2 Å². The number of nitrogens with zero attached hydrogens (tertiary/aromatic N) is 2. The number of halogens is 1. The zero-order valence-corrected chi connectivity index (χ0v) is 21.1. The maximum Gasteiger partial charge on any atom is 0.253 e. The van der Waals surface area contributed by atoms with Gasteiger partial charge >= 0.3 is 0 Å². The van der Waals surface area contributed by atoms with Crippen LogP contribution in [0.4, 0.5) is 0 Å². The van der Waals surface area contributed by atoms with Crippen molar-refractivity contribution in [3.05, 3.63) is 58.6 Å². The van der Waals surface area contributed by atoms with Gasteiger partial charge < -0.3 is 19.1 Å². The Labute approximate surface area is 207 Å². The van der Waals surface area contributed by atoms with Crippen LogP contribution in [0.5, 0.6) is 11.5 Å². The summed E-state index contributed by atoms with van der Waals surface area (Å²) in [5.41, 5.74) is 1.52. The van der Waals surface area contributed by atoms with Gasteiger partial charge in [-0.05, 0) is 56.9 Å². The van der Waals surface area contributed by atoms with Crippen molar-refractivity contribution < 1.29 is 19.0 Å². The van der Waals surface area contributed by atoms with Crippen molar-refractivity contribution in [1.82, 2.24) is 9.80 Å². The molecule has 0 saturated carbocycles. The van der Waals surface area contributed by atoms with Crippen molar-refractivity contribution in [3.63, 3.8) is 0 Å². The van der Waals surface area contributed by atoms with Crippen molar-refractivity contribution in [2.45, 2.75) is 45.5 Å². The predicted octanol–water partition coefficient (Wildman–Crippen LogP) is 4.89. The van der Waals surface area contributed by atoms with Gasteiger partial charge in [-0.3, -0.25) is 9.69 Å². The summed E-state index contributed by atoms with van der Waals surface area (Å²) in [6.45, 7) is 9.26. The average molecular weight is 487 g/mol. The van der Waals surface area contributed by atoms with E-state index in [1.165, 1.54) is 0 Å². The van der Waals surface area contributed by atoms with Crippen LogP contribution in [-0.4, -0.2) is 67.7 Å². The fourth-order valence-corrected chi connectivity index (χ4v) is 5.18. The zero-order valence-electron chi connectivity index (χ0n) is 20.3. The lowest BCUT2D eigenvalue weighted by atomic mass is 9.95. The van der Waals surface area contributed by atoms with E-state index in [0.29, 0.717) is 34.6 Å². The summed E-state index contributed by atoms with van der Waals surface area (Å²) in [5, 5.41) is 0.661. The van der Waals surface area contributed by atoms with E-state index in [0.717, 1.165) is 51.1 Å². The molecule has 0 radical (unpaired) electrons. The molecule has 184 valence electrons. The Bertz CT molecular complexity index is 967. The van der Waals surface area contributed by atoms with Gasteiger partial charge in [0.15, 0.2) is 11.5 Å². The van der Waals surface area contributed by atoms with Crippen molar-refractivity contribution in [2.75, 3.05) is 39.8 Å². The highest BCUT2D eigenvalue weighted by atomic mass is 35.5. The molecule has 0 aliphatic carbocycles. The fourth-order valence-electron chi connectivity index (χ4n) is 4.99. The highest BCUT2D eigenvalue weighted by molar-refractivity contribution is 6.31. The Kier molecular flexibility index (Phi) is 8.35. The van der Waals surface area contributed by atoms with Crippen LogP contribution < -0.4 is 9.47 Å². The van der Waals surface area contributed by atoms with Crippen LogP contribution in [0.1, 0.15) is 42.6 Å². The summed E-state index contributed by atoms with van der Waals surface area (Å²) in [7, 11) is 1.59. The molecule has 1 amide bonds. The molecule has 2 aliphatic heterocycles. The number of hydrogen-bond acceptors (Lipinski definition) is 5. The predicted molar refractivity (Wildman–Crippen MR) is 134 cm³/mol. The van der Waals surface area contributed by atoms with Gasteiger partial charge in [-0.2, -0.15) is 0 Å². The first kappa shape index (κ1) is 24.8. The van der Waals surface area contributed by atoms with Gasteiger partial charge in [0.2, 0.25) is 0 Å². The van der Waals surface area contributed by atoms with Gasteiger partial charge in [-0.15, -0.1) is 0 Å². The van der Waals surface area contributed by atoms with Crippen LogP contribution in [0.2, 0.25) is 5.02 Å². The molecule has 34 heavy (non-hydrogen) atoms. The van der Waals surface area contributed by atoms with Crippen LogP contribution in [0.15, 0.2) is 42.5 Å². The average Bonchev–Trinajstić information content (AvgIpc) is 2.83. The molecule has 2 saturated heterocycles. The first-order valence-electron chi connectivity index (χ1n) is 12.1. The van der Waals surface area contributed by atoms with Crippen LogP contribution >= 0.6 is 11.6 Å². The number of likely N-dealkylation sites (tertiary alicyclic amines) is 1. The van der Waals surface area contributed by atoms with E-state index in [9.17, 15) is 4.79 Å². The first-order chi connectivity index (χ1) is 16.4. The Morgan fingerprint density at radius 3 is 2.44 bits per heavy atom. The van der Waals surface area contributed by atoms with E-state index in [-0.39, 0.29) is 18.1 Å². The molecule has 0 aromatic heterocycles. The Morgan fingerprint density at radius 2 is 1.76 bits per heavy atom. The second-order valence-corrected chi connectivity index (χ2v) is 9.86. The Hall–Kier alpha value is -2.28. The molecule has 0 spiro atoms. The lowest BCUT2D eigenvalue weighted by molar-refractivity contribution is -0.0728. The van der Waals surface area contributed by atoms with E-state index in [1.54, 1.807) is 19.2 Å². The maximum absolute atomic E-state index is 13.2. The molecule has 0 bridgehead atoms. The molecular weight excluding hydrogens is 452 g/mol. The molecule has 0 N–H and O–H groups in total. The van der Waals surface area contributed by atoms with Gasteiger partial charge in [0.25, 0.3) is 5.91 Å². The molecule has 2 heterocycles. The van der Waals surface area contributed by atoms with E-state index >= 15 is 0 Å². The number of amides is 1. The summed E-state index contributed by atoms with van der Waals surface area (Å²) >= 11 is 6.22. The molecular formula is C27H35ClN2O4. The van der Waals surface area contributed by atoms with Gasteiger partial charge in [-0.1, -0.05) is 29.8 Å². The van der Waals surface area contributed by atoms with Crippen molar-refractivity contribution >= 4 is 17.5 Å².